The average molecular weight is 291 g/mol. The Morgan fingerprint density at radius 3 is 2.29 bits per heavy atom. The second-order valence-electron chi connectivity index (χ2n) is 4.38. The Bertz CT molecular complexity index is 628. The third kappa shape index (κ3) is 4.00. The molecule has 0 saturated carbocycles. The van der Waals surface area contributed by atoms with E-state index in [1.807, 2.05) is 24.3 Å². The molecule has 0 aliphatic heterocycles. The van der Waals surface area contributed by atoms with Crippen LogP contribution in [0.25, 0.3) is 0 Å². The van der Waals surface area contributed by atoms with E-state index in [1.54, 1.807) is 7.11 Å². The van der Waals surface area contributed by atoms with Gasteiger partial charge in [0.05, 0.1) is 25.2 Å². The standard InChI is InChI=1S/C15H14FNO4/c1-20-13-5-2-11(3-6-13)9-21-10-12-4-7-15(17(18)19)14(16)8-12/h2-8H,9-10H2,1H3. The molecule has 0 fully saturated rings. The molecule has 2 aromatic carbocycles. The second-order valence-corrected chi connectivity index (χ2v) is 4.38. The van der Waals surface area contributed by atoms with Gasteiger partial charge in [-0.05, 0) is 35.4 Å². The van der Waals surface area contributed by atoms with E-state index in [0.29, 0.717) is 12.2 Å². The molecule has 0 unspecified atom stereocenters. The summed E-state index contributed by atoms with van der Waals surface area (Å²) < 4.78 is 23.9. The first kappa shape index (κ1) is 14.9. The minimum absolute atomic E-state index is 0.181. The van der Waals surface area contributed by atoms with Crippen molar-refractivity contribution in [1.82, 2.24) is 0 Å². The maximum absolute atomic E-state index is 13.4. The summed E-state index contributed by atoms with van der Waals surface area (Å²) in [7, 11) is 1.59. The van der Waals surface area contributed by atoms with Crippen molar-refractivity contribution >= 4 is 5.69 Å². The fourth-order valence-electron chi connectivity index (χ4n) is 1.80. The number of benzene rings is 2. The predicted octanol–water partition coefficient (Wildman–Crippen LogP) is 3.46. The number of nitrogens with zero attached hydrogens (tertiary/aromatic N) is 1. The number of methoxy groups -OCH3 is 1. The summed E-state index contributed by atoms with van der Waals surface area (Å²) in [6.07, 6.45) is 0. The number of nitro benzene ring substituents is 1. The lowest BCUT2D eigenvalue weighted by molar-refractivity contribution is -0.387. The van der Waals surface area contributed by atoms with E-state index in [4.69, 9.17) is 9.47 Å². The van der Waals surface area contributed by atoms with Crippen LogP contribution in [0.15, 0.2) is 42.5 Å². The monoisotopic (exact) mass is 291 g/mol. The maximum atomic E-state index is 13.4. The molecular formula is C15H14FNO4. The third-order valence-corrected chi connectivity index (χ3v) is 2.91. The van der Waals surface area contributed by atoms with Gasteiger partial charge in [0.25, 0.3) is 0 Å². The van der Waals surface area contributed by atoms with Crippen molar-refractivity contribution in [3.63, 3.8) is 0 Å². The van der Waals surface area contributed by atoms with E-state index in [9.17, 15) is 14.5 Å². The van der Waals surface area contributed by atoms with Gasteiger partial charge in [-0.15, -0.1) is 0 Å². The molecule has 5 nitrogen and oxygen atoms in total. The van der Waals surface area contributed by atoms with Crippen molar-refractivity contribution < 1.29 is 18.8 Å². The maximum Gasteiger partial charge on any atom is 0.304 e. The zero-order valence-electron chi connectivity index (χ0n) is 11.4. The summed E-state index contributed by atoms with van der Waals surface area (Å²) in [6.45, 7) is 0.545. The van der Waals surface area contributed by atoms with Crippen LogP contribution in [0.2, 0.25) is 0 Å². The highest BCUT2D eigenvalue weighted by molar-refractivity contribution is 5.34. The molecule has 0 bridgehead atoms. The Kier molecular flexibility index (Phi) is 4.84. The van der Waals surface area contributed by atoms with Crippen LogP contribution in [-0.2, 0) is 18.0 Å². The summed E-state index contributed by atoms with van der Waals surface area (Å²) in [4.78, 5) is 9.76. The van der Waals surface area contributed by atoms with Gasteiger partial charge in [-0.25, -0.2) is 0 Å². The van der Waals surface area contributed by atoms with Crippen molar-refractivity contribution in [2.75, 3.05) is 7.11 Å². The fraction of sp³-hybridized carbons (Fsp3) is 0.200. The molecule has 110 valence electrons. The summed E-state index contributed by atoms with van der Waals surface area (Å²) >= 11 is 0. The van der Waals surface area contributed by atoms with E-state index in [2.05, 4.69) is 0 Å². The highest BCUT2D eigenvalue weighted by Gasteiger charge is 2.13. The molecule has 0 radical (unpaired) electrons. The summed E-state index contributed by atoms with van der Waals surface area (Å²) in [5, 5.41) is 10.5. The SMILES string of the molecule is COc1ccc(COCc2ccc([N+](=O)[O-])c(F)c2)cc1. The molecule has 0 aliphatic carbocycles. The van der Waals surface area contributed by atoms with Crippen molar-refractivity contribution in [2.45, 2.75) is 13.2 Å². The number of nitro groups is 1. The molecule has 0 saturated heterocycles. The molecule has 0 aliphatic rings. The second kappa shape index (κ2) is 6.81. The number of hydrogen-bond acceptors (Lipinski definition) is 4. The van der Waals surface area contributed by atoms with Crippen LogP contribution in [0.4, 0.5) is 10.1 Å². The third-order valence-electron chi connectivity index (χ3n) is 2.91. The van der Waals surface area contributed by atoms with E-state index in [-0.39, 0.29) is 6.61 Å². The predicted molar refractivity (Wildman–Crippen MR) is 74.5 cm³/mol. The number of hydrogen-bond donors (Lipinski definition) is 0. The first-order valence-corrected chi connectivity index (χ1v) is 6.23. The van der Waals surface area contributed by atoms with Crippen molar-refractivity contribution in [1.29, 1.82) is 0 Å². The lowest BCUT2D eigenvalue weighted by atomic mass is 10.2. The van der Waals surface area contributed by atoms with Gasteiger partial charge in [0.2, 0.25) is 5.82 Å². The van der Waals surface area contributed by atoms with Crippen LogP contribution < -0.4 is 4.74 Å². The number of halogens is 1. The van der Waals surface area contributed by atoms with E-state index < -0.39 is 16.4 Å². The first-order valence-electron chi connectivity index (χ1n) is 6.23. The van der Waals surface area contributed by atoms with Crippen LogP contribution in [0.3, 0.4) is 0 Å². The minimum atomic E-state index is -0.856. The quantitative estimate of drug-likeness (QED) is 0.604. The highest BCUT2D eigenvalue weighted by atomic mass is 19.1. The molecule has 2 rings (SSSR count). The fourth-order valence-corrected chi connectivity index (χ4v) is 1.80. The topological polar surface area (TPSA) is 61.6 Å². The van der Waals surface area contributed by atoms with Crippen molar-refractivity contribution in [3.05, 3.63) is 69.5 Å². The molecule has 0 N–H and O–H groups in total. The van der Waals surface area contributed by atoms with Gasteiger partial charge in [0.1, 0.15) is 5.75 Å². The van der Waals surface area contributed by atoms with Gasteiger partial charge in [-0.2, -0.15) is 4.39 Å². The highest BCUT2D eigenvalue weighted by Crippen LogP contribution is 2.19. The molecule has 0 aromatic heterocycles. The van der Waals surface area contributed by atoms with Gasteiger partial charge in [-0.1, -0.05) is 12.1 Å². The van der Waals surface area contributed by atoms with Gasteiger partial charge in [0, 0.05) is 6.07 Å². The zero-order valence-corrected chi connectivity index (χ0v) is 11.4. The van der Waals surface area contributed by atoms with Crippen LogP contribution >= 0.6 is 0 Å². The van der Waals surface area contributed by atoms with Crippen molar-refractivity contribution in [2.24, 2.45) is 0 Å². The molecule has 0 atom stereocenters. The lowest BCUT2D eigenvalue weighted by Gasteiger charge is -2.06. The van der Waals surface area contributed by atoms with Crippen LogP contribution in [0.5, 0.6) is 5.75 Å². The summed E-state index contributed by atoms with van der Waals surface area (Å²) in [6, 6.07) is 11.1. The zero-order chi connectivity index (χ0) is 15.2. The Hall–Kier alpha value is -2.47. The number of rotatable bonds is 6. The molecule has 0 heterocycles. The largest absolute Gasteiger partial charge is 0.497 e. The van der Waals surface area contributed by atoms with Crippen LogP contribution in [-0.4, -0.2) is 12.0 Å². The Balaban J connectivity index is 1.91. The van der Waals surface area contributed by atoms with Crippen LogP contribution in [0.1, 0.15) is 11.1 Å². The molecule has 0 amide bonds. The lowest BCUT2D eigenvalue weighted by Crippen LogP contribution is -1.97. The van der Waals surface area contributed by atoms with Gasteiger partial charge in [0.15, 0.2) is 0 Å². The van der Waals surface area contributed by atoms with Crippen molar-refractivity contribution in [3.8, 4) is 5.75 Å². The minimum Gasteiger partial charge on any atom is -0.497 e. The Morgan fingerprint density at radius 1 is 1.10 bits per heavy atom. The van der Waals surface area contributed by atoms with Gasteiger partial charge in [-0.3, -0.25) is 10.1 Å². The van der Waals surface area contributed by atoms with E-state index >= 15 is 0 Å². The van der Waals surface area contributed by atoms with Crippen LogP contribution in [0, 0.1) is 15.9 Å². The smallest absolute Gasteiger partial charge is 0.304 e. The normalized spacial score (nSPS) is 10.4. The Labute approximate surface area is 121 Å². The summed E-state index contributed by atoms with van der Waals surface area (Å²) in [5.41, 5.74) is 0.971. The van der Waals surface area contributed by atoms with E-state index in [1.165, 1.54) is 6.07 Å². The average Bonchev–Trinajstić information content (AvgIpc) is 2.47. The number of ether oxygens (including phenoxy) is 2. The van der Waals surface area contributed by atoms with E-state index in [0.717, 1.165) is 23.4 Å². The molecule has 6 heteroatoms. The Morgan fingerprint density at radius 2 is 1.71 bits per heavy atom. The van der Waals surface area contributed by atoms with Gasteiger partial charge >= 0.3 is 5.69 Å². The molecule has 21 heavy (non-hydrogen) atoms. The summed E-state index contributed by atoms with van der Waals surface area (Å²) in [5.74, 6) is -0.0956. The van der Waals surface area contributed by atoms with Gasteiger partial charge < -0.3 is 9.47 Å². The molecular weight excluding hydrogens is 277 g/mol. The first-order chi connectivity index (χ1) is 10.1. The molecule has 2 aromatic rings. The molecule has 0 spiro atoms.